The summed E-state index contributed by atoms with van der Waals surface area (Å²) in [7, 11) is 1.47. The molecule has 0 amide bonds. The van der Waals surface area contributed by atoms with Crippen LogP contribution >= 0.6 is 0 Å². The van der Waals surface area contributed by atoms with Gasteiger partial charge in [-0.3, -0.25) is 4.90 Å². The Morgan fingerprint density at radius 2 is 2.29 bits per heavy atom. The average Bonchev–Trinajstić information content (AvgIpc) is 2.61. The quantitative estimate of drug-likeness (QED) is 0.872. The van der Waals surface area contributed by atoms with Gasteiger partial charge in [-0.2, -0.15) is 0 Å². The topological polar surface area (TPSA) is 38.5 Å². The molecule has 4 heteroatoms. The number of methoxy groups -OCH3 is 1. The van der Waals surface area contributed by atoms with Crippen LogP contribution in [0.15, 0.2) is 18.2 Å². The first kappa shape index (κ1) is 12.3. The third-order valence-corrected chi connectivity index (χ3v) is 3.55. The van der Waals surface area contributed by atoms with E-state index in [1.807, 2.05) is 6.07 Å². The van der Waals surface area contributed by atoms with Gasteiger partial charge in [-0.15, -0.1) is 0 Å². The van der Waals surface area contributed by atoms with Crippen LogP contribution in [-0.2, 0) is 6.54 Å². The number of likely N-dealkylation sites (tertiary alicyclic amines) is 1. The van der Waals surface area contributed by atoms with Crippen LogP contribution in [0.25, 0.3) is 0 Å². The van der Waals surface area contributed by atoms with Crippen molar-refractivity contribution in [2.75, 3.05) is 13.7 Å². The first-order valence-corrected chi connectivity index (χ1v) is 5.94. The molecular weight excluding hydrogens is 219 g/mol. The average molecular weight is 238 g/mol. The van der Waals surface area contributed by atoms with Gasteiger partial charge in [-0.25, -0.2) is 4.39 Å². The molecule has 1 aliphatic rings. The number of hydrogen-bond donors (Lipinski definition) is 1. The molecule has 1 heterocycles. The van der Waals surface area contributed by atoms with E-state index in [2.05, 4.69) is 11.8 Å². The van der Waals surface area contributed by atoms with Crippen molar-refractivity contribution in [1.29, 1.82) is 0 Å². The Labute approximate surface area is 101 Å². The smallest absolute Gasteiger partial charge is 0.165 e. The lowest BCUT2D eigenvalue weighted by atomic mass is 10.1. The van der Waals surface area contributed by atoms with Crippen molar-refractivity contribution in [3.05, 3.63) is 29.6 Å². The summed E-state index contributed by atoms with van der Waals surface area (Å²) >= 11 is 0. The van der Waals surface area contributed by atoms with Crippen LogP contribution in [-0.4, -0.2) is 30.6 Å². The fourth-order valence-electron chi connectivity index (χ4n) is 2.30. The van der Waals surface area contributed by atoms with Gasteiger partial charge in [0, 0.05) is 25.2 Å². The van der Waals surface area contributed by atoms with E-state index in [0.29, 0.717) is 11.8 Å². The van der Waals surface area contributed by atoms with E-state index in [9.17, 15) is 4.39 Å². The summed E-state index contributed by atoms with van der Waals surface area (Å²) in [6.07, 6.45) is 1.01. The highest BCUT2D eigenvalue weighted by Gasteiger charge is 2.27. The molecule has 0 bridgehead atoms. The highest BCUT2D eigenvalue weighted by atomic mass is 19.1. The molecular formula is C13H19FN2O. The SMILES string of the molecule is COc1ccc(CN2CCC(N)C2C)cc1F. The molecule has 2 rings (SSSR count). The molecule has 0 aliphatic carbocycles. The summed E-state index contributed by atoms with van der Waals surface area (Å²) in [4.78, 5) is 2.28. The van der Waals surface area contributed by atoms with E-state index < -0.39 is 0 Å². The van der Waals surface area contributed by atoms with E-state index in [-0.39, 0.29) is 11.9 Å². The van der Waals surface area contributed by atoms with Gasteiger partial charge in [-0.1, -0.05) is 6.07 Å². The van der Waals surface area contributed by atoms with E-state index >= 15 is 0 Å². The fourth-order valence-corrected chi connectivity index (χ4v) is 2.30. The van der Waals surface area contributed by atoms with E-state index in [0.717, 1.165) is 25.1 Å². The van der Waals surface area contributed by atoms with Gasteiger partial charge < -0.3 is 10.5 Å². The summed E-state index contributed by atoms with van der Waals surface area (Å²) < 4.78 is 18.4. The van der Waals surface area contributed by atoms with Crippen molar-refractivity contribution in [3.8, 4) is 5.75 Å². The van der Waals surface area contributed by atoms with Gasteiger partial charge in [0.15, 0.2) is 11.6 Å². The van der Waals surface area contributed by atoms with Crippen LogP contribution < -0.4 is 10.5 Å². The van der Waals surface area contributed by atoms with Crippen molar-refractivity contribution >= 4 is 0 Å². The Bertz CT molecular complexity index is 397. The van der Waals surface area contributed by atoms with Gasteiger partial charge in [-0.05, 0) is 31.0 Å². The van der Waals surface area contributed by atoms with E-state index in [4.69, 9.17) is 10.5 Å². The highest BCUT2D eigenvalue weighted by molar-refractivity contribution is 5.29. The minimum atomic E-state index is -0.304. The fraction of sp³-hybridized carbons (Fsp3) is 0.538. The molecule has 0 saturated carbocycles. The van der Waals surface area contributed by atoms with Crippen LogP contribution in [0.3, 0.4) is 0 Å². The number of nitrogens with two attached hydrogens (primary N) is 1. The molecule has 3 nitrogen and oxygen atoms in total. The van der Waals surface area contributed by atoms with Crippen molar-refractivity contribution < 1.29 is 9.13 Å². The summed E-state index contributed by atoms with van der Waals surface area (Å²) in [5, 5.41) is 0. The minimum absolute atomic E-state index is 0.234. The zero-order chi connectivity index (χ0) is 12.4. The maximum Gasteiger partial charge on any atom is 0.165 e. The Kier molecular flexibility index (Phi) is 3.64. The number of halogens is 1. The van der Waals surface area contributed by atoms with Gasteiger partial charge in [0.2, 0.25) is 0 Å². The molecule has 94 valence electrons. The van der Waals surface area contributed by atoms with Crippen molar-refractivity contribution in [3.63, 3.8) is 0 Å². The Balaban J connectivity index is 2.06. The number of ether oxygens (including phenoxy) is 1. The number of rotatable bonds is 3. The van der Waals surface area contributed by atoms with Crippen LogP contribution in [0.2, 0.25) is 0 Å². The predicted molar refractivity (Wildman–Crippen MR) is 65.4 cm³/mol. The zero-order valence-electron chi connectivity index (χ0n) is 10.3. The molecule has 1 aromatic carbocycles. The molecule has 0 spiro atoms. The molecule has 1 aliphatic heterocycles. The molecule has 2 unspecified atom stereocenters. The van der Waals surface area contributed by atoms with E-state index in [1.54, 1.807) is 6.07 Å². The van der Waals surface area contributed by atoms with Crippen molar-refractivity contribution in [2.45, 2.75) is 32.0 Å². The zero-order valence-corrected chi connectivity index (χ0v) is 10.3. The molecule has 1 fully saturated rings. The lowest BCUT2D eigenvalue weighted by molar-refractivity contribution is 0.251. The summed E-state index contributed by atoms with van der Waals surface area (Å²) in [6, 6.07) is 5.71. The summed E-state index contributed by atoms with van der Waals surface area (Å²) in [5.41, 5.74) is 6.92. The van der Waals surface area contributed by atoms with Crippen molar-refractivity contribution in [1.82, 2.24) is 4.90 Å². The third-order valence-electron chi connectivity index (χ3n) is 3.55. The maximum absolute atomic E-state index is 13.5. The van der Waals surface area contributed by atoms with Gasteiger partial charge >= 0.3 is 0 Å². The normalized spacial score (nSPS) is 25.2. The van der Waals surface area contributed by atoms with Crippen LogP contribution in [0.1, 0.15) is 18.9 Å². The summed E-state index contributed by atoms with van der Waals surface area (Å²) in [6.45, 7) is 3.85. The van der Waals surface area contributed by atoms with Crippen LogP contribution in [0, 0.1) is 5.82 Å². The van der Waals surface area contributed by atoms with E-state index in [1.165, 1.54) is 13.2 Å². The van der Waals surface area contributed by atoms with Crippen LogP contribution in [0.5, 0.6) is 5.75 Å². The first-order chi connectivity index (χ1) is 8.11. The standard InChI is InChI=1S/C13H19FN2O/c1-9-12(15)5-6-16(9)8-10-3-4-13(17-2)11(14)7-10/h3-4,7,9,12H,5-6,8,15H2,1-2H3. The Morgan fingerprint density at radius 3 is 2.82 bits per heavy atom. The highest BCUT2D eigenvalue weighted by Crippen LogP contribution is 2.22. The Hall–Kier alpha value is -1.13. The van der Waals surface area contributed by atoms with Crippen LogP contribution in [0.4, 0.5) is 4.39 Å². The second kappa shape index (κ2) is 5.02. The molecule has 1 aromatic rings. The minimum Gasteiger partial charge on any atom is -0.494 e. The number of nitrogens with zero attached hydrogens (tertiary/aromatic N) is 1. The lowest BCUT2D eigenvalue weighted by Crippen LogP contribution is -2.36. The largest absolute Gasteiger partial charge is 0.494 e. The molecule has 1 saturated heterocycles. The lowest BCUT2D eigenvalue weighted by Gasteiger charge is -2.23. The molecule has 0 aromatic heterocycles. The number of benzene rings is 1. The summed E-state index contributed by atoms with van der Waals surface area (Å²) in [5.74, 6) is -0.0129. The molecule has 2 N–H and O–H groups in total. The molecule has 2 atom stereocenters. The molecule has 17 heavy (non-hydrogen) atoms. The predicted octanol–water partition coefficient (Wildman–Crippen LogP) is 1.76. The third kappa shape index (κ3) is 2.58. The monoisotopic (exact) mass is 238 g/mol. The number of hydrogen-bond acceptors (Lipinski definition) is 3. The second-order valence-corrected chi connectivity index (χ2v) is 4.63. The Morgan fingerprint density at radius 1 is 1.53 bits per heavy atom. The molecule has 0 radical (unpaired) electrons. The van der Waals surface area contributed by atoms with Gasteiger partial charge in [0.1, 0.15) is 0 Å². The maximum atomic E-state index is 13.5. The second-order valence-electron chi connectivity index (χ2n) is 4.63. The van der Waals surface area contributed by atoms with Gasteiger partial charge in [0.25, 0.3) is 0 Å². The first-order valence-electron chi connectivity index (χ1n) is 5.94. The van der Waals surface area contributed by atoms with Gasteiger partial charge in [0.05, 0.1) is 7.11 Å². The van der Waals surface area contributed by atoms with Crippen molar-refractivity contribution in [2.24, 2.45) is 5.73 Å².